The zero-order valence-corrected chi connectivity index (χ0v) is 12.8. The van der Waals surface area contributed by atoms with Crippen LogP contribution < -0.4 is 10.5 Å². The van der Waals surface area contributed by atoms with Crippen LogP contribution in [0.25, 0.3) is 0 Å². The first-order valence-electron chi connectivity index (χ1n) is 6.98. The molecule has 6 heteroatoms. The minimum Gasteiger partial charge on any atom is -0.378 e. The molecule has 2 rings (SSSR count). The minimum absolute atomic E-state index is 0.0675. The van der Waals surface area contributed by atoms with Gasteiger partial charge < -0.3 is 10.5 Å². The number of nitrogens with two attached hydrogens (primary N) is 1. The van der Waals surface area contributed by atoms with Crippen molar-refractivity contribution in [2.75, 3.05) is 13.2 Å². The maximum atomic E-state index is 12.4. The highest BCUT2D eigenvalue weighted by atomic mass is 32.2. The zero-order chi connectivity index (χ0) is 15.3. The quantitative estimate of drug-likeness (QED) is 0.790. The first-order chi connectivity index (χ1) is 10.1. The Morgan fingerprint density at radius 1 is 1.38 bits per heavy atom. The first kappa shape index (κ1) is 16.0. The molecule has 5 nitrogen and oxygen atoms in total. The molecule has 0 spiro atoms. The van der Waals surface area contributed by atoms with Gasteiger partial charge in [-0.25, -0.2) is 13.1 Å². The van der Waals surface area contributed by atoms with Crippen LogP contribution in [0.2, 0.25) is 0 Å². The van der Waals surface area contributed by atoms with Gasteiger partial charge in [0.15, 0.2) is 0 Å². The second-order valence-electron chi connectivity index (χ2n) is 4.87. The summed E-state index contributed by atoms with van der Waals surface area (Å²) in [5, 5.41) is 0. The summed E-state index contributed by atoms with van der Waals surface area (Å²) in [6.45, 7) is 2.78. The predicted octanol–water partition coefficient (Wildman–Crippen LogP) is 0.843. The van der Waals surface area contributed by atoms with Gasteiger partial charge in [0, 0.05) is 18.2 Å². The van der Waals surface area contributed by atoms with Gasteiger partial charge >= 0.3 is 0 Å². The van der Waals surface area contributed by atoms with Crippen LogP contribution in [0.4, 0.5) is 0 Å². The molecule has 0 saturated heterocycles. The second-order valence-corrected chi connectivity index (χ2v) is 6.55. The molecule has 3 N–H and O–H groups in total. The van der Waals surface area contributed by atoms with E-state index in [4.69, 9.17) is 10.5 Å². The number of hydrogen-bond acceptors (Lipinski definition) is 4. The summed E-state index contributed by atoms with van der Waals surface area (Å²) in [5.74, 6) is 5.49. The maximum absolute atomic E-state index is 12.4. The molecule has 21 heavy (non-hydrogen) atoms. The molecule has 0 aliphatic heterocycles. The van der Waals surface area contributed by atoms with Gasteiger partial charge in [-0.3, -0.25) is 0 Å². The van der Waals surface area contributed by atoms with Crippen LogP contribution >= 0.6 is 0 Å². The predicted molar refractivity (Wildman–Crippen MR) is 81.1 cm³/mol. The Labute approximate surface area is 125 Å². The Bertz CT molecular complexity index is 640. The summed E-state index contributed by atoms with van der Waals surface area (Å²) < 4.78 is 33.0. The summed E-state index contributed by atoms with van der Waals surface area (Å²) in [7, 11) is -3.57. The van der Waals surface area contributed by atoms with Gasteiger partial charge in [0.25, 0.3) is 0 Å². The van der Waals surface area contributed by atoms with E-state index >= 15 is 0 Å². The van der Waals surface area contributed by atoms with Gasteiger partial charge in [0.05, 0.1) is 17.5 Å². The Hall–Kier alpha value is -1.39. The smallest absolute Gasteiger partial charge is 0.242 e. The average Bonchev–Trinajstić information content (AvgIpc) is 2.43. The van der Waals surface area contributed by atoms with E-state index in [1.165, 1.54) is 0 Å². The standard InChI is InChI=1S/C15H20N2O3S/c1-2-20-14-10-13(11-14)17-21(18,19)15-8-4-3-6-12(15)7-5-9-16/h3-4,6,8,13-14,17H,2,9-11,16H2,1H3. The van der Waals surface area contributed by atoms with Gasteiger partial charge in [-0.05, 0) is 31.9 Å². The summed E-state index contributed by atoms with van der Waals surface area (Å²) in [6.07, 6.45) is 1.59. The number of benzene rings is 1. The van der Waals surface area contributed by atoms with Crippen LogP contribution in [-0.2, 0) is 14.8 Å². The number of nitrogens with one attached hydrogen (secondary N) is 1. The van der Waals surface area contributed by atoms with Gasteiger partial charge in [-0.2, -0.15) is 0 Å². The monoisotopic (exact) mass is 308 g/mol. The van der Waals surface area contributed by atoms with E-state index in [1.807, 2.05) is 6.92 Å². The molecule has 1 aromatic rings. The molecule has 0 bridgehead atoms. The van der Waals surface area contributed by atoms with Crippen molar-refractivity contribution in [3.63, 3.8) is 0 Å². The van der Waals surface area contributed by atoms with Crippen molar-refractivity contribution in [1.29, 1.82) is 0 Å². The van der Waals surface area contributed by atoms with E-state index in [0.29, 0.717) is 25.0 Å². The van der Waals surface area contributed by atoms with Crippen LogP contribution in [0.3, 0.4) is 0 Å². The third-order valence-corrected chi connectivity index (χ3v) is 4.90. The SMILES string of the molecule is CCOC1CC(NS(=O)(=O)c2ccccc2C#CCN)C1. The molecular weight excluding hydrogens is 288 g/mol. The summed E-state index contributed by atoms with van der Waals surface area (Å²) in [5.41, 5.74) is 5.81. The topological polar surface area (TPSA) is 81.4 Å². The third kappa shape index (κ3) is 4.05. The Morgan fingerprint density at radius 2 is 2.10 bits per heavy atom. The Morgan fingerprint density at radius 3 is 2.76 bits per heavy atom. The van der Waals surface area contributed by atoms with Crippen LogP contribution in [0.5, 0.6) is 0 Å². The van der Waals surface area contributed by atoms with Crippen LogP contribution in [0.1, 0.15) is 25.3 Å². The van der Waals surface area contributed by atoms with Crippen LogP contribution in [0.15, 0.2) is 29.2 Å². The highest BCUT2D eigenvalue weighted by Crippen LogP contribution is 2.25. The summed E-state index contributed by atoms with van der Waals surface area (Å²) in [4.78, 5) is 0.200. The van der Waals surface area contributed by atoms with E-state index in [0.717, 1.165) is 0 Å². The zero-order valence-electron chi connectivity index (χ0n) is 12.0. The second kappa shape index (κ2) is 7.05. The van der Waals surface area contributed by atoms with Crippen molar-refractivity contribution in [2.24, 2.45) is 5.73 Å². The van der Waals surface area contributed by atoms with Crippen molar-refractivity contribution in [3.05, 3.63) is 29.8 Å². The number of hydrogen-bond donors (Lipinski definition) is 2. The van der Waals surface area contributed by atoms with Gasteiger partial charge in [0.2, 0.25) is 10.0 Å². The molecule has 0 heterocycles. The lowest BCUT2D eigenvalue weighted by atomic mass is 9.90. The lowest BCUT2D eigenvalue weighted by Crippen LogP contribution is -2.47. The molecule has 0 aromatic heterocycles. The van der Waals surface area contributed by atoms with Crippen molar-refractivity contribution in [2.45, 2.75) is 36.8 Å². The Kier molecular flexibility index (Phi) is 5.37. The fraction of sp³-hybridized carbons (Fsp3) is 0.467. The summed E-state index contributed by atoms with van der Waals surface area (Å²) >= 11 is 0. The highest BCUT2D eigenvalue weighted by Gasteiger charge is 2.33. The van der Waals surface area contributed by atoms with Crippen LogP contribution in [-0.4, -0.2) is 33.7 Å². The van der Waals surface area contributed by atoms with Crippen LogP contribution in [0, 0.1) is 11.8 Å². The van der Waals surface area contributed by atoms with E-state index in [-0.39, 0.29) is 23.6 Å². The molecule has 0 radical (unpaired) electrons. The van der Waals surface area contributed by atoms with Crippen molar-refractivity contribution >= 4 is 10.0 Å². The molecule has 114 valence electrons. The highest BCUT2D eigenvalue weighted by molar-refractivity contribution is 7.89. The molecule has 1 aromatic carbocycles. The third-order valence-electron chi connectivity index (χ3n) is 3.32. The largest absolute Gasteiger partial charge is 0.378 e. The van der Waals surface area contributed by atoms with E-state index in [1.54, 1.807) is 24.3 Å². The molecule has 1 fully saturated rings. The maximum Gasteiger partial charge on any atom is 0.242 e. The molecule has 1 aliphatic rings. The van der Waals surface area contributed by atoms with Crippen molar-refractivity contribution < 1.29 is 13.2 Å². The van der Waals surface area contributed by atoms with E-state index in [9.17, 15) is 8.42 Å². The molecule has 0 atom stereocenters. The molecule has 1 aliphatic carbocycles. The van der Waals surface area contributed by atoms with Gasteiger partial charge in [-0.1, -0.05) is 24.0 Å². The van der Waals surface area contributed by atoms with Gasteiger partial charge in [-0.15, -0.1) is 0 Å². The number of sulfonamides is 1. The van der Waals surface area contributed by atoms with Crippen molar-refractivity contribution in [3.8, 4) is 11.8 Å². The molecular formula is C15H20N2O3S. The number of ether oxygens (including phenoxy) is 1. The summed E-state index contributed by atoms with van der Waals surface area (Å²) in [6, 6.07) is 6.62. The first-order valence-corrected chi connectivity index (χ1v) is 8.47. The van der Waals surface area contributed by atoms with E-state index < -0.39 is 10.0 Å². The number of rotatable bonds is 5. The lowest BCUT2D eigenvalue weighted by Gasteiger charge is -2.35. The minimum atomic E-state index is -3.57. The fourth-order valence-corrected chi connectivity index (χ4v) is 3.69. The normalized spacial score (nSPS) is 21.2. The molecule has 0 unspecified atom stereocenters. The van der Waals surface area contributed by atoms with Crippen molar-refractivity contribution in [1.82, 2.24) is 4.72 Å². The Balaban J connectivity index is 2.10. The van der Waals surface area contributed by atoms with Gasteiger partial charge in [0.1, 0.15) is 0 Å². The molecule has 0 amide bonds. The van der Waals surface area contributed by atoms with E-state index in [2.05, 4.69) is 16.6 Å². The molecule has 1 saturated carbocycles. The fourth-order valence-electron chi connectivity index (χ4n) is 2.27. The lowest BCUT2D eigenvalue weighted by molar-refractivity contribution is -0.00475. The average molecular weight is 308 g/mol.